The number of hydrogen-bond donors (Lipinski definition) is 2. The van der Waals surface area contributed by atoms with Gasteiger partial charge in [0.25, 0.3) is 0 Å². The second-order valence-corrected chi connectivity index (χ2v) is 8.91. The van der Waals surface area contributed by atoms with E-state index in [4.69, 9.17) is 10.5 Å². The van der Waals surface area contributed by atoms with E-state index in [0.717, 1.165) is 37.8 Å². The van der Waals surface area contributed by atoms with Gasteiger partial charge in [-0.2, -0.15) is 5.26 Å². The molecule has 0 atom stereocenters. The zero-order valence-electron chi connectivity index (χ0n) is 17.8. The summed E-state index contributed by atoms with van der Waals surface area (Å²) in [5.41, 5.74) is 7.48. The first kappa shape index (κ1) is 21.7. The summed E-state index contributed by atoms with van der Waals surface area (Å²) in [6, 6.07) is 10.1. The van der Waals surface area contributed by atoms with Crippen LogP contribution in [0.1, 0.15) is 44.2 Å². The van der Waals surface area contributed by atoms with Gasteiger partial charge in [-0.15, -0.1) is 0 Å². The fraction of sp³-hybridized carbons (Fsp3) is 0.542. The first-order chi connectivity index (χ1) is 15.1. The smallest absolute Gasteiger partial charge is 0.150 e. The van der Waals surface area contributed by atoms with Crippen LogP contribution >= 0.6 is 0 Å². The van der Waals surface area contributed by atoms with Crippen molar-refractivity contribution >= 4 is 5.82 Å². The largest absolute Gasteiger partial charge is 0.381 e. The van der Waals surface area contributed by atoms with Crippen LogP contribution in [0.5, 0.6) is 0 Å². The Labute approximate surface area is 183 Å². The van der Waals surface area contributed by atoms with E-state index in [1.807, 2.05) is 24.3 Å². The molecule has 0 spiro atoms. The molecule has 2 aliphatic rings. The SMILES string of the molecule is N#CC1(CNc2cccc(-c3cc(CC4CCC(N)CC4)ncc3F)n2)CCOCC1. The lowest BCUT2D eigenvalue weighted by molar-refractivity contribution is 0.0455. The molecule has 7 heteroatoms. The Balaban J connectivity index is 1.47. The molecule has 6 nitrogen and oxygen atoms in total. The molecule has 164 valence electrons. The van der Waals surface area contributed by atoms with Crippen molar-refractivity contribution < 1.29 is 9.13 Å². The summed E-state index contributed by atoms with van der Waals surface area (Å²) in [6.07, 6.45) is 7.82. The molecule has 2 aromatic rings. The third-order valence-electron chi connectivity index (χ3n) is 6.62. The van der Waals surface area contributed by atoms with Crippen molar-refractivity contribution in [1.29, 1.82) is 5.26 Å². The van der Waals surface area contributed by atoms with E-state index in [-0.39, 0.29) is 5.82 Å². The monoisotopic (exact) mass is 423 g/mol. The first-order valence-corrected chi connectivity index (χ1v) is 11.2. The summed E-state index contributed by atoms with van der Waals surface area (Å²) in [5, 5.41) is 12.9. The Hall–Kier alpha value is -2.56. The van der Waals surface area contributed by atoms with Gasteiger partial charge in [-0.1, -0.05) is 6.07 Å². The van der Waals surface area contributed by atoms with E-state index < -0.39 is 5.41 Å². The second kappa shape index (κ2) is 9.71. The van der Waals surface area contributed by atoms with Gasteiger partial charge >= 0.3 is 0 Å². The Morgan fingerprint density at radius 2 is 2.00 bits per heavy atom. The van der Waals surface area contributed by atoms with Crippen LogP contribution in [0.15, 0.2) is 30.5 Å². The van der Waals surface area contributed by atoms with Crippen LogP contribution in [0.2, 0.25) is 0 Å². The van der Waals surface area contributed by atoms with Gasteiger partial charge in [-0.25, -0.2) is 9.37 Å². The van der Waals surface area contributed by atoms with Crippen molar-refractivity contribution in [3.63, 3.8) is 0 Å². The van der Waals surface area contributed by atoms with Gasteiger partial charge in [0.2, 0.25) is 0 Å². The minimum Gasteiger partial charge on any atom is -0.381 e. The lowest BCUT2D eigenvalue weighted by Gasteiger charge is -2.30. The van der Waals surface area contributed by atoms with Crippen LogP contribution < -0.4 is 11.1 Å². The van der Waals surface area contributed by atoms with Crippen LogP contribution in [-0.2, 0) is 11.2 Å². The molecule has 1 saturated heterocycles. The van der Waals surface area contributed by atoms with Crippen molar-refractivity contribution in [3.05, 3.63) is 42.0 Å². The number of hydrogen-bond acceptors (Lipinski definition) is 6. The average Bonchev–Trinajstić information content (AvgIpc) is 2.81. The number of nitriles is 1. The molecule has 1 aliphatic heterocycles. The second-order valence-electron chi connectivity index (χ2n) is 8.91. The summed E-state index contributed by atoms with van der Waals surface area (Å²) in [7, 11) is 0. The molecule has 4 rings (SSSR count). The van der Waals surface area contributed by atoms with Gasteiger partial charge in [-0.3, -0.25) is 4.98 Å². The highest BCUT2D eigenvalue weighted by atomic mass is 19.1. The Morgan fingerprint density at radius 3 is 2.74 bits per heavy atom. The lowest BCUT2D eigenvalue weighted by Crippen LogP contribution is -2.34. The standard InChI is InChI=1S/C24H30FN5O/c25-21-14-28-19(12-17-4-6-18(27)7-5-17)13-20(21)22-2-1-3-23(30-22)29-16-24(15-26)8-10-31-11-9-24/h1-3,13-14,17-18H,4-12,16,27H2,(H,29,30). The summed E-state index contributed by atoms with van der Waals surface area (Å²) >= 11 is 0. The fourth-order valence-electron chi connectivity index (χ4n) is 4.51. The zero-order valence-corrected chi connectivity index (χ0v) is 17.8. The summed E-state index contributed by atoms with van der Waals surface area (Å²) in [6.45, 7) is 1.69. The zero-order chi connectivity index (χ0) is 21.7. The van der Waals surface area contributed by atoms with Crippen LogP contribution in [0.3, 0.4) is 0 Å². The molecule has 0 amide bonds. The van der Waals surface area contributed by atoms with Crippen LogP contribution in [-0.4, -0.2) is 35.8 Å². The van der Waals surface area contributed by atoms with Crippen molar-refractivity contribution in [2.75, 3.05) is 25.1 Å². The summed E-state index contributed by atoms with van der Waals surface area (Å²) in [4.78, 5) is 8.94. The van der Waals surface area contributed by atoms with E-state index in [2.05, 4.69) is 21.4 Å². The van der Waals surface area contributed by atoms with Crippen molar-refractivity contribution in [2.45, 2.75) is 51.0 Å². The number of nitrogens with two attached hydrogens (primary N) is 1. The summed E-state index contributed by atoms with van der Waals surface area (Å²) < 4.78 is 20.0. The molecule has 31 heavy (non-hydrogen) atoms. The van der Waals surface area contributed by atoms with Gasteiger partial charge in [0, 0.05) is 37.1 Å². The topological polar surface area (TPSA) is 96.9 Å². The van der Waals surface area contributed by atoms with E-state index in [9.17, 15) is 9.65 Å². The Morgan fingerprint density at radius 1 is 1.23 bits per heavy atom. The average molecular weight is 424 g/mol. The van der Waals surface area contributed by atoms with Crippen LogP contribution in [0, 0.1) is 28.5 Å². The van der Waals surface area contributed by atoms with Crippen molar-refractivity contribution in [1.82, 2.24) is 9.97 Å². The van der Waals surface area contributed by atoms with Crippen LogP contribution in [0.4, 0.5) is 10.2 Å². The Kier molecular flexibility index (Phi) is 6.79. The Bertz CT molecular complexity index is 930. The third-order valence-corrected chi connectivity index (χ3v) is 6.62. The van der Waals surface area contributed by atoms with Crippen molar-refractivity contribution in [3.8, 4) is 17.3 Å². The highest BCUT2D eigenvalue weighted by Crippen LogP contribution is 2.31. The van der Waals surface area contributed by atoms with E-state index in [1.54, 1.807) is 0 Å². The molecule has 2 aromatic heterocycles. The number of ether oxygens (including phenoxy) is 1. The molecular formula is C24H30FN5O. The number of pyridine rings is 2. The van der Waals surface area contributed by atoms with E-state index >= 15 is 0 Å². The normalized spacial score (nSPS) is 23.1. The molecule has 3 heterocycles. The van der Waals surface area contributed by atoms with Crippen LogP contribution in [0.25, 0.3) is 11.3 Å². The predicted molar refractivity (Wildman–Crippen MR) is 118 cm³/mol. The third kappa shape index (κ3) is 5.38. The molecule has 0 unspecified atom stereocenters. The maximum atomic E-state index is 14.6. The first-order valence-electron chi connectivity index (χ1n) is 11.2. The van der Waals surface area contributed by atoms with Crippen molar-refractivity contribution in [2.24, 2.45) is 17.1 Å². The molecule has 0 radical (unpaired) electrons. The highest BCUT2D eigenvalue weighted by molar-refractivity contribution is 5.62. The predicted octanol–water partition coefficient (Wildman–Crippen LogP) is 4.07. The molecule has 1 aliphatic carbocycles. The number of halogens is 1. The van der Waals surface area contributed by atoms with Gasteiger partial charge in [-0.05, 0) is 69.1 Å². The number of anilines is 1. The number of nitrogens with zero attached hydrogens (tertiary/aromatic N) is 3. The quantitative estimate of drug-likeness (QED) is 0.727. The maximum Gasteiger partial charge on any atom is 0.150 e. The van der Waals surface area contributed by atoms with Gasteiger partial charge in [0.15, 0.2) is 5.82 Å². The van der Waals surface area contributed by atoms with E-state index in [0.29, 0.717) is 61.6 Å². The van der Waals surface area contributed by atoms with Gasteiger partial charge < -0.3 is 15.8 Å². The minimum absolute atomic E-state index is 0.314. The number of rotatable bonds is 6. The number of nitrogens with one attached hydrogen (secondary N) is 1. The minimum atomic E-state index is -0.451. The maximum absolute atomic E-state index is 14.6. The fourth-order valence-corrected chi connectivity index (χ4v) is 4.51. The lowest BCUT2D eigenvalue weighted by atomic mass is 9.82. The van der Waals surface area contributed by atoms with Gasteiger partial charge in [0.05, 0.1) is 23.4 Å². The van der Waals surface area contributed by atoms with E-state index in [1.165, 1.54) is 6.20 Å². The molecule has 1 saturated carbocycles. The van der Waals surface area contributed by atoms with Gasteiger partial charge in [0.1, 0.15) is 5.82 Å². The molecule has 0 aromatic carbocycles. The molecule has 2 fully saturated rings. The molecular weight excluding hydrogens is 393 g/mol. The molecule has 3 N–H and O–H groups in total. The number of aromatic nitrogens is 2. The molecule has 0 bridgehead atoms. The summed E-state index contributed by atoms with van der Waals surface area (Å²) in [5.74, 6) is 0.808. The highest BCUT2D eigenvalue weighted by Gasteiger charge is 2.32.